The maximum Gasteiger partial charge on any atom is 0.0414 e. The molecule has 0 atom stereocenters. The van der Waals surface area contributed by atoms with E-state index in [4.69, 9.17) is 11.5 Å². The fourth-order valence-corrected chi connectivity index (χ4v) is 5.79. The van der Waals surface area contributed by atoms with Crippen LogP contribution in [-0.4, -0.2) is 51.2 Å². The molecule has 0 aliphatic rings. The molecule has 0 saturated heterocycles. The van der Waals surface area contributed by atoms with Crippen molar-refractivity contribution in [3.05, 3.63) is 0 Å². The Morgan fingerprint density at radius 1 is 0.357 bits per heavy atom. The summed E-state index contributed by atoms with van der Waals surface area (Å²) in [5, 5.41) is 27.2. The second-order valence-electron chi connectivity index (χ2n) is 14.2. The standard InChI is InChI=1S/C14H34N4.2C14H28O2.4H3N.2Pt/c15-9-5-1-3-7-11-17-13-14-18-12-8-4-2-6-10-16;2*1-2-3-4-5-6-7-8-9-10-11-12-13-14(15)16;;;;;;/h17-18H,1-16H2;2*2-13H2,1H3,(H,15,16);4*1H3;;/p-2. The Labute approximate surface area is 377 Å². The molecule has 0 aromatic heterocycles. The van der Waals surface area contributed by atoms with E-state index in [0.29, 0.717) is 0 Å². The van der Waals surface area contributed by atoms with Gasteiger partial charge in [0.15, 0.2) is 0 Å². The van der Waals surface area contributed by atoms with Gasteiger partial charge in [-0.05, 0) is 77.5 Å². The molecule has 0 unspecified atom stereocenters. The third-order valence-corrected chi connectivity index (χ3v) is 9.06. The Morgan fingerprint density at radius 3 is 0.804 bits per heavy atom. The molecule has 0 aromatic rings. The molecular weight excluding hydrogens is 1070 g/mol. The van der Waals surface area contributed by atoms with Crippen molar-refractivity contribution < 1.29 is 61.9 Å². The number of unbranched alkanes of at least 4 members (excludes halogenated alkanes) is 26. The molecule has 0 spiro atoms. The van der Waals surface area contributed by atoms with E-state index in [-0.39, 0.29) is 79.6 Å². The number of hydrogen-bond donors (Lipinski definition) is 8. The van der Waals surface area contributed by atoms with Crippen LogP contribution in [0.3, 0.4) is 0 Å². The van der Waals surface area contributed by atoms with Crippen molar-refractivity contribution in [1.29, 1.82) is 0 Å². The topological polar surface area (TPSA) is 296 Å². The summed E-state index contributed by atoms with van der Waals surface area (Å²) in [6, 6.07) is 0. The van der Waals surface area contributed by atoms with E-state index < -0.39 is 11.9 Å². The number of nitrogens with two attached hydrogens (primary N) is 2. The summed E-state index contributed by atoms with van der Waals surface area (Å²) in [6.07, 6.45) is 38.1. The maximum atomic E-state index is 10.1. The fraction of sp³-hybridized carbons (Fsp3) is 0.952. The first-order chi connectivity index (χ1) is 24.5. The third kappa shape index (κ3) is 90.2. The SMILES string of the molecule is CCCCCCCCCCCCCC(=O)[O-].CCCCCCCCCCCCCC(=O)[O-].N.N.N.N.NCCCCCCNCCNCCCCCCN.[Pt].[Pt]. The monoisotopic (exact) mass is 1170 g/mol. The summed E-state index contributed by atoms with van der Waals surface area (Å²) < 4.78 is 0. The van der Waals surface area contributed by atoms with Gasteiger partial charge in [-0.2, -0.15) is 0 Å². The van der Waals surface area contributed by atoms with Gasteiger partial charge in [0.2, 0.25) is 0 Å². The Morgan fingerprint density at radius 2 is 0.571 bits per heavy atom. The molecule has 56 heavy (non-hydrogen) atoms. The van der Waals surface area contributed by atoms with E-state index in [1.807, 2.05) is 0 Å². The number of carbonyl (C=O) groups excluding carboxylic acids is 2. The van der Waals surface area contributed by atoms with E-state index in [2.05, 4.69) is 24.5 Å². The predicted molar refractivity (Wildman–Crippen MR) is 233 cm³/mol. The minimum Gasteiger partial charge on any atom is -0.550 e. The van der Waals surface area contributed by atoms with Crippen LogP contribution in [0.15, 0.2) is 0 Å². The number of carboxylic acid groups (broad SMARTS) is 2. The van der Waals surface area contributed by atoms with Crippen molar-refractivity contribution in [3.8, 4) is 0 Å². The number of aliphatic carboxylic acids is 2. The first-order valence-electron chi connectivity index (χ1n) is 21.7. The zero-order valence-electron chi connectivity index (χ0n) is 37.1. The van der Waals surface area contributed by atoms with Gasteiger partial charge in [0.05, 0.1) is 0 Å². The molecule has 0 aromatic carbocycles. The van der Waals surface area contributed by atoms with Crippen molar-refractivity contribution >= 4 is 11.9 Å². The van der Waals surface area contributed by atoms with Crippen LogP contribution in [0.25, 0.3) is 0 Å². The van der Waals surface area contributed by atoms with Crippen molar-refractivity contribution in [1.82, 2.24) is 35.2 Å². The molecule has 12 nitrogen and oxygen atoms in total. The molecule has 14 heteroatoms. The third-order valence-electron chi connectivity index (χ3n) is 9.06. The van der Waals surface area contributed by atoms with Crippen LogP contribution in [-0.2, 0) is 51.7 Å². The molecule has 0 fully saturated rings. The molecule has 0 saturated carbocycles. The summed E-state index contributed by atoms with van der Waals surface area (Å²) in [4.78, 5) is 20.3. The molecule has 0 heterocycles. The minimum absolute atomic E-state index is 0. The zero-order chi connectivity index (χ0) is 37.4. The van der Waals surface area contributed by atoms with Crippen LogP contribution in [0, 0.1) is 0 Å². The number of hydrogen-bond acceptors (Lipinski definition) is 12. The van der Waals surface area contributed by atoms with E-state index >= 15 is 0 Å². The minimum atomic E-state index is -0.907. The van der Waals surface area contributed by atoms with Crippen LogP contribution in [0.5, 0.6) is 0 Å². The van der Waals surface area contributed by atoms with Crippen molar-refractivity contribution in [2.75, 3.05) is 39.3 Å². The van der Waals surface area contributed by atoms with E-state index in [0.717, 1.165) is 65.0 Å². The second kappa shape index (κ2) is 75.8. The van der Waals surface area contributed by atoms with Crippen LogP contribution < -0.4 is 56.9 Å². The number of nitrogens with one attached hydrogen (secondary N) is 2. The predicted octanol–water partition coefficient (Wildman–Crippen LogP) is 8.72. The largest absolute Gasteiger partial charge is 0.550 e. The smallest absolute Gasteiger partial charge is 0.0414 e. The van der Waals surface area contributed by atoms with Crippen molar-refractivity contribution in [3.63, 3.8) is 0 Å². The van der Waals surface area contributed by atoms with Crippen LogP contribution in [0.1, 0.15) is 219 Å². The molecule has 0 rings (SSSR count). The number of rotatable bonds is 39. The van der Waals surface area contributed by atoms with E-state index in [1.165, 1.54) is 167 Å². The molecule has 0 aliphatic heterocycles. The van der Waals surface area contributed by atoms with Crippen LogP contribution >= 0.6 is 0 Å². The van der Waals surface area contributed by atoms with Gasteiger partial charge in [0.25, 0.3) is 0 Å². The summed E-state index contributed by atoms with van der Waals surface area (Å²) in [7, 11) is 0. The summed E-state index contributed by atoms with van der Waals surface area (Å²) in [5.74, 6) is -1.81. The normalized spacial score (nSPS) is 9.57. The average Bonchev–Trinajstić information content (AvgIpc) is 3.10. The Kier molecular flexibility index (Phi) is 104. The summed E-state index contributed by atoms with van der Waals surface area (Å²) >= 11 is 0. The second-order valence-corrected chi connectivity index (χ2v) is 14.2. The maximum absolute atomic E-state index is 10.1. The fourth-order valence-electron chi connectivity index (χ4n) is 5.79. The van der Waals surface area contributed by atoms with Gasteiger partial charge >= 0.3 is 0 Å². The van der Waals surface area contributed by atoms with Gasteiger partial charge in [0.1, 0.15) is 0 Å². The van der Waals surface area contributed by atoms with Gasteiger partial charge in [-0.1, -0.05) is 168 Å². The Hall–Kier alpha value is -0.00338. The first kappa shape index (κ1) is 76.7. The Bertz CT molecular complexity index is 598. The Balaban J connectivity index is -0.0000000804. The first-order valence-corrected chi connectivity index (χ1v) is 21.7. The van der Waals surface area contributed by atoms with E-state index in [1.54, 1.807) is 0 Å². The molecule has 0 aliphatic carbocycles. The van der Waals surface area contributed by atoms with E-state index in [9.17, 15) is 19.8 Å². The van der Waals surface area contributed by atoms with Gasteiger partial charge in [0, 0.05) is 67.2 Å². The van der Waals surface area contributed by atoms with Crippen LogP contribution in [0.2, 0.25) is 0 Å². The van der Waals surface area contributed by atoms with Gasteiger partial charge in [-0.15, -0.1) is 0 Å². The van der Waals surface area contributed by atoms with Crippen molar-refractivity contribution in [2.24, 2.45) is 11.5 Å². The molecule has 18 N–H and O–H groups in total. The summed E-state index contributed by atoms with van der Waals surface area (Å²) in [6.45, 7) is 10.6. The molecule has 0 radical (unpaired) electrons. The number of carboxylic acids is 2. The van der Waals surface area contributed by atoms with Gasteiger partial charge in [-0.3, -0.25) is 0 Å². The van der Waals surface area contributed by atoms with Crippen molar-refractivity contribution in [2.45, 2.75) is 219 Å². The molecule has 354 valence electrons. The number of carbonyl (C=O) groups is 2. The summed E-state index contributed by atoms with van der Waals surface area (Å²) in [5.41, 5.74) is 10.9. The molecular formula is C42H100N8O4Pt2-2. The quantitative estimate of drug-likeness (QED) is 0.0268. The van der Waals surface area contributed by atoms with Crippen LogP contribution in [0.4, 0.5) is 0 Å². The molecule has 0 amide bonds. The van der Waals surface area contributed by atoms with Gasteiger partial charge in [-0.25, -0.2) is 0 Å². The average molecular weight is 1170 g/mol. The van der Waals surface area contributed by atoms with Gasteiger partial charge < -0.3 is 66.5 Å². The zero-order valence-corrected chi connectivity index (χ0v) is 41.7. The molecule has 0 bridgehead atoms.